The highest BCUT2D eigenvalue weighted by molar-refractivity contribution is 5.83. The number of hydrogen-bond donors (Lipinski definition) is 2. The SMILES string of the molecule is O=C(CNc1ccccc1N1CCOCC1)NC1CCCCC1. The van der Waals surface area contributed by atoms with Gasteiger partial charge in [-0.2, -0.15) is 0 Å². The number of carbonyl (C=O) groups is 1. The van der Waals surface area contributed by atoms with Crippen molar-refractivity contribution < 1.29 is 9.53 Å². The molecule has 5 nitrogen and oxygen atoms in total. The van der Waals surface area contributed by atoms with Crippen LogP contribution in [0.15, 0.2) is 24.3 Å². The first-order chi connectivity index (χ1) is 11.3. The monoisotopic (exact) mass is 317 g/mol. The van der Waals surface area contributed by atoms with E-state index in [1.54, 1.807) is 0 Å². The Balaban J connectivity index is 1.54. The van der Waals surface area contributed by atoms with Crippen LogP contribution >= 0.6 is 0 Å². The first-order valence-electron chi connectivity index (χ1n) is 8.78. The highest BCUT2D eigenvalue weighted by atomic mass is 16.5. The Kier molecular flexibility index (Phi) is 5.75. The van der Waals surface area contributed by atoms with Crippen molar-refractivity contribution in [3.05, 3.63) is 24.3 Å². The number of para-hydroxylation sites is 2. The molecule has 1 aromatic rings. The number of morpholine rings is 1. The van der Waals surface area contributed by atoms with Gasteiger partial charge in [0.05, 0.1) is 31.1 Å². The van der Waals surface area contributed by atoms with Gasteiger partial charge in [0.1, 0.15) is 0 Å². The van der Waals surface area contributed by atoms with Crippen LogP contribution in [0.2, 0.25) is 0 Å². The predicted molar refractivity (Wildman–Crippen MR) is 93.0 cm³/mol. The fraction of sp³-hybridized carbons (Fsp3) is 0.611. The van der Waals surface area contributed by atoms with E-state index in [1.165, 1.54) is 19.3 Å². The van der Waals surface area contributed by atoms with Crippen LogP contribution in [-0.4, -0.2) is 44.8 Å². The van der Waals surface area contributed by atoms with E-state index in [-0.39, 0.29) is 5.91 Å². The summed E-state index contributed by atoms with van der Waals surface area (Å²) in [5, 5.41) is 6.46. The van der Waals surface area contributed by atoms with Crippen molar-refractivity contribution in [1.29, 1.82) is 0 Å². The molecule has 1 amide bonds. The summed E-state index contributed by atoms with van der Waals surface area (Å²) in [5.41, 5.74) is 2.18. The molecule has 1 aliphatic carbocycles. The summed E-state index contributed by atoms with van der Waals surface area (Å²) in [6, 6.07) is 8.56. The first-order valence-corrected chi connectivity index (χ1v) is 8.78. The molecule has 3 rings (SSSR count). The molecule has 0 bridgehead atoms. The van der Waals surface area contributed by atoms with E-state index >= 15 is 0 Å². The number of benzene rings is 1. The molecular weight excluding hydrogens is 290 g/mol. The third-order valence-electron chi connectivity index (χ3n) is 4.67. The van der Waals surface area contributed by atoms with E-state index < -0.39 is 0 Å². The van der Waals surface area contributed by atoms with Gasteiger partial charge >= 0.3 is 0 Å². The van der Waals surface area contributed by atoms with Crippen LogP contribution in [0.1, 0.15) is 32.1 Å². The quantitative estimate of drug-likeness (QED) is 0.875. The second-order valence-corrected chi connectivity index (χ2v) is 6.37. The standard InChI is InChI=1S/C18H27N3O2/c22-18(20-15-6-2-1-3-7-15)14-19-16-8-4-5-9-17(16)21-10-12-23-13-11-21/h4-5,8-9,15,19H,1-3,6-7,10-14H2,(H,20,22). The van der Waals surface area contributed by atoms with Crippen LogP contribution in [0.4, 0.5) is 11.4 Å². The lowest BCUT2D eigenvalue weighted by Crippen LogP contribution is -2.40. The molecule has 2 aliphatic rings. The number of nitrogens with zero attached hydrogens (tertiary/aromatic N) is 1. The number of rotatable bonds is 5. The topological polar surface area (TPSA) is 53.6 Å². The third-order valence-corrected chi connectivity index (χ3v) is 4.67. The fourth-order valence-corrected chi connectivity index (χ4v) is 3.40. The number of amides is 1. The van der Waals surface area contributed by atoms with Crippen molar-refractivity contribution in [2.24, 2.45) is 0 Å². The normalized spacial score (nSPS) is 19.4. The van der Waals surface area contributed by atoms with Gasteiger partial charge in [0.15, 0.2) is 0 Å². The number of anilines is 2. The molecule has 0 atom stereocenters. The maximum absolute atomic E-state index is 12.2. The van der Waals surface area contributed by atoms with Gasteiger partial charge in [-0.3, -0.25) is 4.79 Å². The Morgan fingerprint density at radius 1 is 1.13 bits per heavy atom. The Hall–Kier alpha value is -1.75. The molecule has 1 heterocycles. The Morgan fingerprint density at radius 3 is 2.65 bits per heavy atom. The van der Waals surface area contributed by atoms with Crippen LogP contribution in [0.25, 0.3) is 0 Å². The van der Waals surface area contributed by atoms with Crippen molar-refractivity contribution in [2.75, 3.05) is 43.1 Å². The van der Waals surface area contributed by atoms with E-state index in [0.29, 0.717) is 12.6 Å². The predicted octanol–water partition coefficient (Wildman–Crippen LogP) is 2.38. The smallest absolute Gasteiger partial charge is 0.239 e. The first kappa shape index (κ1) is 16.1. The minimum atomic E-state index is 0.0914. The molecule has 0 aromatic heterocycles. The van der Waals surface area contributed by atoms with Crippen LogP contribution < -0.4 is 15.5 Å². The van der Waals surface area contributed by atoms with Gasteiger partial charge in [0, 0.05) is 19.1 Å². The number of ether oxygens (including phenoxy) is 1. The van der Waals surface area contributed by atoms with Gasteiger partial charge in [-0.1, -0.05) is 31.4 Å². The average molecular weight is 317 g/mol. The third kappa shape index (κ3) is 4.61. The van der Waals surface area contributed by atoms with Gasteiger partial charge in [-0.05, 0) is 25.0 Å². The number of hydrogen-bond acceptors (Lipinski definition) is 4. The second-order valence-electron chi connectivity index (χ2n) is 6.37. The van der Waals surface area contributed by atoms with Crippen molar-refractivity contribution in [3.63, 3.8) is 0 Å². The van der Waals surface area contributed by atoms with Crippen LogP contribution in [0, 0.1) is 0 Å². The molecular formula is C18H27N3O2. The molecule has 1 aliphatic heterocycles. The number of carbonyl (C=O) groups excluding carboxylic acids is 1. The second kappa shape index (κ2) is 8.20. The summed E-state index contributed by atoms with van der Waals surface area (Å²) >= 11 is 0. The van der Waals surface area contributed by atoms with E-state index in [2.05, 4.69) is 21.6 Å². The molecule has 1 saturated carbocycles. The Bertz CT molecular complexity index is 509. The van der Waals surface area contributed by atoms with E-state index in [0.717, 1.165) is 50.5 Å². The summed E-state index contributed by atoms with van der Waals surface area (Å²) in [6.07, 6.45) is 6.01. The van der Waals surface area contributed by atoms with Crippen molar-refractivity contribution in [3.8, 4) is 0 Å². The minimum absolute atomic E-state index is 0.0914. The number of nitrogens with one attached hydrogen (secondary N) is 2. The zero-order valence-electron chi connectivity index (χ0n) is 13.7. The lowest BCUT2D eigenvalue weighted by molar-refractivity contribution is -0.120. The Labute approximate surface area is 138 Å². The summed E-state index contributed by atoms with van der Waals surface area (Å²) in [7, 11) is 0. The molecule has 1 aromatic carbocycles. The average Bonchev–Trinajstić information content (AvgIpc) is 2.62. The van der Waals surface area contributed by atoms with Crippen molar-refractivity contribution in [1.82, 2.24) is 5.32 Å². The van der Waals surface area contributed by atoms with E-state index in [4.69, 9.17) is 4.74 Å². The summed E-state index contributed by atoms with van der Waals surface area (Å²) < 4.78 is 5.42. The van der Waals surface area contributed by atoms with Gasteiger partial charge in [0.2, 0.25) is 5.91 Å². The molecule has 1 saturated heterocycles. The van der Waals surface area contributed by atoms with E-state index in [9.17, 15) is 4.79 Å². The molecule has 0 spiro atoms. The van der Waals surface area contributed by atoms with E-state index in [1.807, 2.05) is 18.2 Å². The van der Waals surface area contributed by atoms with Crippen LogP contribution in [0.5, 0.6) is 0 Å². The molecule has 0 radical (unpaired) electrons. The Morgan fingerprint density at radius 2 is 1.87 bits per heavy atom. The van der Waals surface area contributed by atoms with Crippen LogP contribution in [0.3, 0.4) is 0 Å². The molecule has 0 unspecified atom stereocenters. The summed E-state index contributed by atoms with van der Waals surface area (Å²) in [4.78, 5) is 14.5. The highest BCUT2D eigenvalue weighted by Crippen LogP contribution is 2.26. The van der Waals surface area contributed by atoms with Gasteiger partial charge in [-0.25, -0.2) is 0 Å². The summed E-state index contributed by atoms with van der Waals surface area (Å²) in [5.74, 6) is 0.0914. The minimum Gasteiger partial charge on any atom is -0.378 e. The zero-order chi connectivity index (χ0) is 15.9. The van der Waals surface area contributed by atoms with Gasteiger partial charge in [-0.15, -0.1) is 0 Å². The van der Waals surface area contributed by atoms with Gasteiger partial charge in [0.25, 0.3) is 0 Å². The maximum Gasteiger partial charge on any atom is 0.239 e. The largest absolute Gasteiger partial charge is 0.378 e. The molecule has 23 heavy (non-hydrogen) atoms. The molecule has 2 fully saturated rings. The van der Waals surface area contributed by atoms with Crippen molar-refractivity contribution in [2.45, 2.75) is 38.1 Å². The maximum atomic E-state index is 12.2. The fourth-order valence-electron chi connectivity index (χ4n) is 3.40. The molecule has 5 heteroatoms. The lowest BCUT2D eigenvalue weighted by atomic mass is 9.95. The lowest BCUT2D eigenvalue weighted by Gasteiger charge is -2.30. The van der Waals surface area contributed by atoms with Crippen molar-refractivity contribution >= 4 is 17.3 Å². The summed E-state index contributed by atoms with van der Waals surface area (Å²) in [6.45, 7) is 3.64. The van der Waals surface area contributed by atoms with Gasteiger partial charge < -0.3 is 20.3 Å². The zero-order valence-corrected chi connectivity index (χ0v) is 13.7. The molecule has 126 valence electrons. The molecule has 2 N–H and O–H groups in total. The highest BCUT2D eigenvalue weighted by Gasteiger charge is 2.17. The van der Waals surface area contributed by atoms with Crippen LogP contribution in [-0.2, 0) is 9.53 Å².